The Morgan fingerprint density at radius 2 is 1.76 bits per heavy atom. The van der Waals surface area contributed by atoms with Gasteiger partial charge in [0.1, 0.15) is 10.0 Å². The smallest absolute Gasteiger partial charge is 0.248 e. The molecule has 0 saturated heterocycles. The average Bonchev–Trinajstić information content (AvgIpc) is 2.68. The van der Waals surface area contributed by atoms with E-state index in [1.165, 1.54) is 4.68 Å². The molecule has 0 fully saturated rings. The quantitative estimate of drug-likeness (QED) is 0.794. The Bertz CT molecular complexity index is 747. The van der Waals surface area contributed by atoms with E-state index in [2.05, 4.69) is 5.10 Å². The molecule has 0 unspecified atom stereocenters. The Hall–Kier alpha value is -1.04. The lowest BCUT2D eigenvalue weighted by Gasteiger charge is -2.16. The van der Waals surface area contributed by atoms with Crippen molar-refractivity contribution < 1.29 is 8.42 Å². The monoisotopic (exact) mass is 346 g/mol. The van der Waals surface area contributed by atoms with E-state index in [-0.39, 0.29) is 10.0 Å². The van der Waals surface area contributed by atoms with Gasteiger partial charge in [0.15, 0.2) is 0 Å². The van der Waals surface area contributed by atoms with Crippen LogP contribution in [0.5, 0.6) is 0 Å². The van der Waals surface area contributed by atoms with Gasteiger partial charge in [-0.3, -0.25) is 0 Å². The van der Waals surface area contributed by atoms with E-state index in [0.29, 0.717) is 12.2 Å². The van der Waals surface area contributed by atoms with E-state index in [0.717, 1.165) is 5.56 Å². The maximum absolute atomic E-state index is 11.8. The van der Waals surface area contributed by atoms with Crippen LogP contribution in [0.25, 0.3) is 0 Å². The molecule has 7 heteroatoms. The van der Waals surface area contributed by atoms with Crippen LogP contribution >= 0.6 is 22.3 Å². The normalized spacial score (nSPS) is 12.6. The highest BCUT2D eigenvalue weighted by atomic mass is 35.7. The van der Waals surface area contributed by atoms with Crippen molar-refractivity contribution in [2.45, 2.75) is 37.6 Å². The van der Waals surface area contributed by atoms with Crippen LogP contribution in [0.1, 0.15) is 32.0 Å². The molecule has 0 radical (unpaired) electrons. The lowest BCUT2D eigenvalue weighted by atomic mass is 9.92. The number of hydrogen-bond acceptors (Lipinski definition) is 3. The Morgan fingerprint density at radius 3 is 2.19 bits per heavy atom. The molecule has 1 aromatic heterocycles. The van der Waals surface area contributed by atoms with E-state index in [1.54, 1.807) is 0 Å². The summed E-state index contributed by atoms with van der Waals surface area (Å²) in [7, 11) is 1.56. The molecule has 0 bridgehead atoms. The maximum atomic E-state index is 11.8. The van der Waals surface area contributed by atoms with Gasteiger partial charge in [-0.25, -0.2) is 13.1 Å². The van der Waals surface area contributed by atoms with Gasteiger partial charge in [-0.15, -0.1) is 0 Å². The fourth-order valence-electron chi connectivity index (χ4n) is 1.99. The molecule has 114 valence electrons. The Labute approximate surface area is 134 Å². The van der Waals surface area contributed by atoms with Gasteiger partial charge in [-0.2, -0.15) is 5.10 Å². The molecule has 0 N–H and O–H groups in total. The zero-order valence-electron chi connectivity index (χ0n) is 12.0. The van der Waals surface area contributed by atoms with Crippen LogP contribution in [0.15, 0.2) is 35.2 Å². The van der Waals surface area contributed by atoms with Crippen LogP contribution in [0.2, 0.25) is 5.15 Å². The highest BCUT2D eigenvalue weighted by molar-refractivity contribution is 8.13. The molecule has 2 rings (SSSR count). The van der Waals surface area contributed by atoms with Crippen LogP contribution in [0, 0.1) is 0 Å². The maximum Gasteiger partial charge on any atom is 0.266 e. The van der Waals surface area contributed by atoms with Crippen molar-refractivity contribution in [3.63, 3.8) is 0 Å². The molecule has 0 aliphatic rings. The standard InChI is InChI=1S/C14H16Cl2N2O2S/c1-14(2,3)12-11(21(16,19)20)13(15)18(17-12)9-10-7-5-4-6-8-10/h4-8H,9H2,1-3H3. The summed E-state index contributed by atoms with van der Waals surface area (Å²) in [5, 5.41) is 4.40. The first-order chi connectivity index (χ1) is 9.60. The minimum absolute atomic E-state index is 0.0405. The molecule has 4 nitrogen and oxygen atoms in total. The predicted molar refractivity (Wildman–Crippen MR) is 84.5 cm³/mol. The van der Waals surface area contributed by atoms with Gasteiger partial charge < -0.3 is 0 Å². The second kappa shape index (κ2) is 5.63. The summed E-state index contributed by atoms with van der Waals surface area (Å²) in [4.78, 5) is -0.103. The van der Waals surface area contributed by atoms with Gasteiger partial charge in [-0.05, 0) is 5.56 Å². The van der Waals surface area contributed by atoms with Crippen LogP contribution < -0.4 is 0 Å². The van der Waals surface area contributed by atoms with Crippen molar-refractivity contribution in [2.75, 3.05) is 0 Å². The second-order valence-electron chi connectivity index (χ2n) is 5.80. The van der Waals surface area contributed by atoms with Gasteiger partial charge in [0.05, 0.1) is 12.2 Å². The molecule has 0 aliphatic carbocycles. The van der Waals surface area contributed by atoms with Crippen molar-refractivity contribution in [3.05, 3.63) is 46.7 Å². The molecule has 2 aromatic rings. The Balaban J connectivity index is 2.58. The van der Waals surface area contributed by atoms with Crippen LogP contribution in [-0.2, 0) is 21.0 Å². The predicted octanol–water partition coefficient (Wildman–Crippen LogP) is 3.81. The van der Waals surface area contributed by atoms with E-state index in [1.807, 2.05) is 51.1 Å². The van der Waals surface area contributed by atoms with E-state index in [9.17, 15) is 8.42 Å². The molecule has 1 heterocycles. The molecule has 0 spiro atoms. The van der Waals surface area contributed by atoms with E-state index < -0.39 is 14.5 Å². The van der Waals surface area contributed by atoms with Gasteiger partial charge >= 0.3 is 0 Å². The van der Waals surface area contributed by atoms with Crippen LogP contribution in [0.4, 0.5) is 0 Å². The molecule has 0 atom stereocenters. The first kappa shape index (κ1) is 16.3. The summed E-state index contributed by atoms with van der Waals surface area (Å²) >= 11 is 6.21. The van der Waals surface area contributed by atoms with E-state index >= 15 is 0 Å². The zero-order chi connectivity index (χ0) is 15.8. The SMILES string of the molecule is CC(C)(C)c1nn(Cc2ccccc2)c(Cl)c1S(=O)(=O)Cl. The Kier molecular flexibility index (Phi) is 4.38. The van der Waals surface area contributed by atoms with Gasteiger partial charge in [0.25, 0.3) is 9.05 Å². The summed E-state index contributed by atoms with van der Waals surface area (Å²) in [5.41, 5.74) is 0.863. The number of rotatable bonds is 3. The zero-order valence-corrected chi connectivity index (χ0v) is 14.3. The molecular formula is C14H16Cl2N2O2S. The number of benzene rings is 1. The van der Waals surface area contributed by atoms with Gasteiger partial charge in [0, 0.05) is 16.1 Å². The molecule has 0 amide bonds. The lowest BCUT2D eigenvalue weighted by Crippen LogP contribution is -2.15. The topological polar surface area (TPSA) is 52.0 Å². The fraction of sp³-hybridized carbons (Fsp3) is 0.357. The van der Waals surface area contributed by atoms with Crippen molar-refractivity contribution in [2.24, 2.45) is 0 Å². The first-order valence-electron chi connectivity index (χ1n) is 6.36. The summed E-state index contributed by atoms with van der Waals surface area (Å²) < 4.78 is 25.1. The van der Waals surface area contributed by atoms with Crippen LogP contribution in [0.3, 0.4) is 0 Å². The summed E-state index contributed by atoms with van der Waals surface area (Å²) in [6.45, 7) is 5.98. The fourth-order valence-corrected chi connectivity index (χ4v) is 3.93. The molecule has 1 aromatic carbocycles. The average molecular weight is 347 g/mol. The van der Waals surface area contributed by atoms with Crippen molar-refractivity contribution in [3.8, 4) is 0 Å². The third kappa shape index (κ3) is 3.59. The Morgan fingerprint density at radius 1 is 1.19 bits per heavy atom. The first-order valence-corrected chi connectivity index (χ1v) is 9.05. The summed E-state index contributed by atoms with van der Waals surface area (Å²) in [5.74, 6) is 0. The van der Waals surface area contributed by atoms with Crippen molar-refractivity contribution >= 4 is 31.3 Å². The number of hydrogen-bond donors (Lipinski definition) is 0. The number of nitrogens with zero attached hydrogens (tertiary/aromatic N) is 2. The minimum Gasteiger partial charge on any atom is -0.248 e. The molecule has 0 saturated carbocycles. The van der Waals surface area contributed by atoms with Crippen LogP contribution in [-0.4, -0.2) is 18.2 Å². The minimum atomic E-state index is -3.96. The third-order valence-electron chi connectivity index (χ3n) is 2.98. The van der Waals surface area contributed by atoms with Crippen molar-refractivity contribution in [1.29, 1.82) is 0 Å². The summed E-state index contributed by atoms with van der Waals surface area (Å²) in [6.07, 6.45) is 0. The number of halogens is 2. The lowest BCUT2D eigenvalue weighted by molar-refractivity contribution is 0.534. The largest absolute Gasteiger partial charge is 0.266 e. The highest BCUT2D eigenvalue weighted by Gasteiger charge is 2.32. The molecule has 21 heavy (non-hydrogen) atoms. The van der Waals surface area contributed by atoms with Crippen molar-refractivity contribution in [1.82, 2.24) is 9.78 Å². The molecular weight excluding hydrogens is 331 g/mol. The highest BCUT2D eigenvalue weighted by Crippen LogP contribution is 2.35. The molecule has 0 aliphatic heterocycles. The second-order valence-corrected chi connectivity index (χ2v) is 8.66. The summed E-state index contributed by atoms with van der Waals surface area (Å²) in [6, 6.07) is 9.55. The number of aromatic nitrogens is 2. The third-order valence-corrected chi connectivity index (χ3v) is 4.81. The van der Waals surface area contributed by atoms with Gasteiger partial charge in [-0.1, -0.05) is 62.7 Å². The van der Waals surface area contributed by atoms with E-state index in [4.69, 9.17) is 22.3 Å². The van der Waals surface area contributed by atoms with Gasteiger partial charge in [0.2, 0.25) is 0 Å².